The summed E-state index contributed by atoms with van der Waals surface area (Å²) in [6, 6.07) is 11.0. The van der Waals surface area contributed by atoms with Crippen molar-refractivity contribution in [2.45, 2.75) is 17.5 Å². The molecule has 1 heterocycles. The average molecular weight is 292 g/mol. The van der Waals surface area contributed by atoms with Crippen LogP contribution in [0.15, 0.2) is 47.6 Å². The standard InChI is InChI=1S/C15H17FN2OS/c1-20(19)15-7-6-13(10-18-15)12-4-2-11(3-5-12)8-14(17)9-16/h2-7,10,14H,8-9,17H2,1H3/t14-,20?/m0/s1. The Kier molecular flexibility index (Phi) is 4.98. The minimum atomic E-state index is -1.07. The molecule has 1 aromatic carbocycles. The van der Waals surface area contributed by atoms with Crippen molar-refractivity contribution in [3.8, 4) is 11.1 Å². The molecule has 0 aliphatic rings. The van der Waals surface area contributed by atoms with Crippen LogP contribution in [0.3, 0.4) is 0 Å². The van der Waals surface area contributed by atoms with Crippen molar-refractivity contribution in [2.75, 3.05) is 12.9 Å². The van der Waals surface area contributed by atoms with Crippen molar-refractivity contribution < 1.29 is 8.60 Å². The first kappa shape index (κ1) is 14.8. The summed E-state index contributed by atoms with van der Waals surface area (Å²) < 4.78 is 23.6. The normalized spacial score (nSPS) is 13.9. The number of rotatable bonds is 5. The predicted molar refractivity (Wildman–Crippen MR) is 79.7 cm³/mol. The first-order chi connectivity index (χ1) is 9.60. The maximum Gasteiger partial charge on any atom is 0.126 e. The highest BCUT2D eigenvalue weighted by atomic mass is 32.2. The highest BCUT2D eigenvalue weighted by Gasteiger charge is 2.05. The third kappa shape index (κ3) is 3.71. The number of nitrogens with zero attached hydrogens (tertiary/aromatic N) is 1. The van der Waals surface area contributed by atoms with E-state index in [9.17, 15) is 8.60 Å². The monoisotopic (exact) mass is 292 g/mol. The average Bonchev–Trinajstić information content (AvgIpc) is 2.48. The smallest absolute Gasteiger partial charge is 0.126 e. The zero-order valence-electron chi connectivity index (χ0n) is 11.3. The third-order valence-electron chi connectivity index (χ3n) is 3.01. The van der Waals surface area contributed by atoms with Crippen LogP contribution in [0, 0.1) is 0 Å². The van der Waals surface area contributed by atoms with Gasteiger partial charge in [-0.1, -0.05) is 30.3 Å². The zero-order valence-corrected chi connectivity index (χ0v) is 12.1. The molecule has 5 heteroatoms. The molecule has 1 aromatic heterocycles. The van der Waals surface area contributed by atoms with E-state index in [4.69, 9.17) is 5.73 Å². The number of halogens is 1. The van der Waals surface area contributed by atoms with Gasteiger partial charge >= 0.3 is 0 Å². The van der Waals surface area contributed by atoms with Gasteiger partial charge in [0.25, 0.3) is 0 Å². The minimum absolute atomic E-state index is 0.443. The molecule has 106 valence electrons. The fourth-order valence-electron chi connectivity index (χ4n) is 1.91. The lowest BCUT2D eigenvalue weighted by atomic mass is 10.0. The molecule has 0 fully saturated rings. The van der Waals surface area contributed by atoms with E-state index in [2.05, 4.69) is 4.98 Å². The molecule has 0 aliphatic heterocycles. The minimum Gasteiger partial charge on any atom is -0.325 e. The fourth-order valence-corrected chi connectivity index (χ4v) is 2.37. The second-order valence-electron chi connectivity index (χ2n) is 4.65. The van der Waals surface area contributed by atoms with Gasteiger partial charge < -0.3 is 5.73 Å². The second kappa shape index (κ2) is 6.72. The molecule has 0 saturated heterocycles. The highest BCUT2D eigenvalue weighted by molar-refractivity contribution is 7.84. The summed E-state index contributed by atoms with van der Waals surface area (Å²) >= 11 is 0. The Morgan fingerprint density at radius 3 is 2.35 bits per heavy atom. The summed E-state index contributed by atoms with van der Waals surface area (Å²) in [5, 5.41) is 0.569. The third-order valence-corrected chi connectivity index (χ3v) is 3.84. The van der Waals surface area contributed by atoms with Crippen LogP contribution in [0.25, 0.3) is 11.1 Å². The maximum absolute atomic E-state index is 12.4. The van der Waals surface area contributed by atoms with Crippen molar-refractivity contribution >= 4 is 10.8 Å². The SMILES string of the molecule is CS(=O)c1ccc(-c2ccc(C[C@H](N)CF)cc2)cn1. The Labute approximate surface area is 120 Å². The number of pyridine rings is 1. The van der Waals surface area contributed by atoms with Gasteiger partial charge in [0.05, 0.1) is 10.8 Å². The Hall–Kier alpha value is -1.59. The number of alkyl halides is 1. The van der Waals surface area contributed by atoms with Gasteiger partial charge in [0.2, 0.25) is 0 Å². The van der Waals surface area contributed by atoms with E-state index >= 15 is 0 Å². The van der Waals surface area contributed by atoms with Crippen molar-refractivity contribution in [3.63, 3.8) is 0 Å². The molecule has 0 saturated carbocycles. The molecule has 0 bridgehead atoms. The van der Waals surface area contributed by atoms with Gasteiger partial charge in [-0.05, 0) is 23.6 Å². The highest BCUT2D eigenvalue weighted by Crippen LogP contribution is 2.20. The molecule has 20 heavy (non-hydrogen) atoms. The molecule has 2 rings (SSSR count). The Morgan fingerprint density at radius 2 is 1.85 bits per heavy atom. The first-order valence-corrected chi connectivity index (χ1v) is 7.86. The summed E-state index contributed by atoms with van der Waals surface area (Å²) in [6.45, 7) is -0.513. The molecule has 0 amide bonds. The fraction of sp³-hybridized carbons (Fsp3) is 0.267. The molecular weight excluding hydrogens is 275 g/mol. The van der Waals surface area contributed by atoms with Gasteiger partial charge in [-0.25, -0.2) is 9.37 Å². The summed E-state index contributed by atoms with van der Waals surface area (Å²) in [4.78, 5) is 4.17. The first-order valence-electron chi connectivity index (χ1n) is 6.30. The lowest BCUT2D eigenvalue weighted by molar-refractivity contribution is 0.427. The van der Waals surface area contributed by atoms with Gasteiger partial charge in [0.15, 0.2) is 0 Å². The second-order valence-corrected chi connectivity index (χ2v) is 5.98. The van der Waals surface area contributed by atoms with Crippen LogP contribution < -0.4 is 5.73 Å². The molecular formula is C15H17FN2OS. The Bertz CT molecular complexity index is 584. The van der Waals surface area contributed by atoms with Crippen molar-refractivity contribution in [2.24, 2.45) is 5.73 Å². The summed E-state index contributed by atoms with van der Waals surface area (Å²) in [7, 11) is -1.07. The van der Waals surface area contributed by atoms with E-state index in [-0.39, 0.29) is 0 Å². The van der Waals surface area contributed by atoms with Gasteiger partial charge in [-0.3, -0.25) is 4.21 Å². The van der Waals surface area contributed by atoms with E-state index in [0.29, 0.717) is 11.4 Å². The van der Waals surface area contributed by atoms with Gasteiger partial charge in [-0.2, -0.15) is 0 Å². The summed E-state index contributed by atoms with van der Waals surface area (Å²) in [5.74, 6) is 0. The van der Waals surface area contributed by atoms with Crippen molar-refractivity contribution in [1.82, 2.24) is 4.98 Å². The van der Waals surface area contributed by atoms with E-state index < -0.39 is 23.5 Å². The largest absolute Gasteiger partial charge is 0.325 e. The summed E-state index contributed by atoms with van der Waals surface area (Å²) in [5.41, 5.74) is 8.57. The van der Waals surface area contributed by atoms with Crippen LogP contribution in [-0.4, -0.2) is 28.2 Å². The topological polar surface area (TPSA) is 56.0 Å². The van der Waals surface area contributed by atoms with E-state index in [0.717, 1.165) is 16.7 Å². The molecule has 2 atom stereocenters. The van der Waals surface area contributed by atoms with Crippen LogP contribution in [0.5, 0.6) is 0 Å². The van der Waals surface area contributed by atoms with E-state index in [1.165, 1.54) is 0 Å². The molecule has 3 nitrogen and oxygen atoms in total. The number of hydrogen-bond acceptors (Lipinski definition) is 3. The van der Waals surface area contributed by atoms with Crippen molar-refractivity contribution in [1.29, 1.82) is 0 Å². The lowest BCUT2D eigenvalue weighted by Crippen LogP contribution is -2.24. The number of hydrogen-bond donors (Lipinski definition) is 1. The van der Waals surface area contributed by atoms with Crippen LogP contribution in [0.2, 0.25) is 0 Å². The molecule has 0 radical (unpaired) electrons. The van der Waals surface area contributed by atoms with Crippen LogP contribution in [0.4, 0.5) is 4.39 Å². The number of benzene rings is 1. The van der Waals surface area contributed by atoms with Gasteiger partial charge in [0.1, 0.15) is 11.7 Å². The quantitative estimate of drug-likeness (QED) is 0.920. The van der Waals surface area contributed by atoms with Gasteiger partial charge in [-0.15, -0.1) is 0 Å². The predicted octanol–water partition coefficient (Wildman–Crippen LogP) is 2.33. The lowest BCUT2D eigenvalue weighted by Gasteiger charge is -2.08. The van der Waals surface area contributed by atoms with E-state index in [1.54, 1.807) is 18.5 Å². The van der Waals surface area contributed by atoms with E-state index in [1.807, 2.05) is 30.3 Å². The maximum atomic E-state index is 12.4. The van der Waals surface area contributed by atoms with Crippen LogP contribution >= 0.6 is 0 Å². The number of aromatic nitrogens is 1. The molecule has 2 N–H and O–H groups in total. The zero-order chi connectivity index (χ0) is 14.5. The number of nitrogens with two attached hydrogens (primary N) is 1. The van der Waals surface area contributed by atoms with Gasteiger partial charge in [0, 0.05) is 24.1 Å². The molecule has 1 unspecified atom stereocenters. The Balaban J connectivity index is 2.15. The summed E-state index contributed by atoms with van der Waals surface area (Å²) in [6.07, 6.45) is 3.84. The van der Waals surface area contributed by atoms with Crippen molar-refractivity contribution in [3.05, 3.63) is 48.2 Å². The van der Waals surface area contributed by atoms with Crippen LogP contribution in [0.1, 0.15) is 5.56 Å². The molecule has 0 aliphatic carbocycles. The molecule has 2 aromatic rings. The van der Waals surface area contributed by atoms with Crippen LogP contribution in [-0.2, 0) is 17.2 Å². The molecule has 0 spiro atoms. The Morgan fingerprint density at radius 1 is 1.20 bits per heavy atom.